The fourth-order valence-corrected chi connectivity index (χ4v) is 2.60. The zero-order valence-electron chi connectivity index (χ0n) is 13.9. The Morgan fingerprint density at radius 1 is 1.19 bits per heavy atom. The number of hydrogen-bond donors (Lipinski definition) is 2. The molecule has 1 aromatic carbocycles. The van der Waals surface area contributed by atoms with Crippen LogP contribution in [0.2, 0.25) is 0 Å². The highest BCUT2D eigenvalue weighted by molar-refractivity contribution is 6.01. The summed E-state index contributed by atoms with van der Waals surface area (Å²) in [4.78, 5) is 32.4. The zero-order chi connectivity index (χ0) is 17.9. The summed E-state index contributed by atoms with van der Waals surface area (Å²) in [5.41, 5.74) is 1.45. The van der Waals surface area contributed by atoms with Crippen LogP contribution in [-0.2, 0) is 11.2 Å². The first-order valence-electron chi connectivity index (χ1n) is 8.43. The molecule has 8 nitrogen and oxygen atoms in total. The third-order valence-electron chi connectivity index (χ3n) is 4.15. The monoisotopic (exact) mass is 351 g/mol. The molecule has 8 heteroatoms. The molecule has 132 valence electrons. The van der Waals surface area contributed by atoms with Crippen LogP contribution in [0.5, 0.6) is 0 Å². The van der Waals surface area contributed by atoms with Crippen molar-refractivity contribution in [2.24, 2.45) is 5.92 Å². The zero-order valence-corrected chi connectivity index (χ0v) is 13.9. The molecule has 1 fully saturated rings. The molecule has 2 N–H and O–H groups in total. The molecular weight excluding hydrogens is 334 g/mol. The molecule has 3 aromatic rings. The van der Waals surface area contributed by atoms with Gasteiger partial charge in [0.1, 0.15) is 0 Å². The maximum absolute atomic E-state index is 12.3. The molecule has 0 saturated heterocycles. The van der Waals surface area contributed by atoms with Crippen LogP contribution in [0.1, 0.15) is 29.4 Å². The molecule has 2 amide bonds. The van der Waals surface area contributed by atoms with Gasteiger partial charge in [-0.2, -0.15) is 4.98 Å². The topological polar surface area (TPSA) is 110 Å². The maximum Gasteiger partial charge on any atom is 0.315 e. The van der Waals surface area contributed by atoms with E-state index in [9.17, 15) is 9.59 Å². The molecule has 0 radical (unpaired) electrons. The number of aromatic nitrogens is 3. The number of nitrogens with one attached hydrogen (secondary N) is 2. The van der Waals surface area contributed by atoms with Crippen LogP contribution in [0.3, 0.4) is 0 Å². The van der Waals surface area contributed by atoms with Crippen molar-refractivity contribution in [3.05, 3.63) is 48.2 Å². The molecule has 0 atom stereocenters. The van der Waals surface area contributed by atoms with E-state index in [0.717, 1.165) is 23.7 Å². The summed E-state index contributed by atoms with van der Waals surface area (Å²) >= 11 is 0. The van der Waals surface area contributed by atoms with Gasteiger partial charge in [0, 0.05) is 18.1 Å². The number of anilines is 1. The van der Waals surface area contributed by atoms with E-state index >= 15 is 0 Å². The van der Waals surface area contributed by atoms with Crippen molar-refractivity contribution in [1.29, 1.82) is 0 Å². The molecule has 1 aliphatic carbocycles. The summed E-state index contributed by atoms with van der Waals surface area (Å²) < 4.78 is 4.94. The first-order chi connectivity index (χ1) is 12.7. The lowest BCUT2D eigenvalue weighted by Gasteiger charge is -2.07. The van der Waals surface area contributed by atoms with Crippen LogP contribution in [0.4, 0.5) is 5.69 Å². The van der Waals surface area contributed by atoms with Gasteiger partial charge in [-0.15, -0.1) is 0 Å². The lowest BCUT2D eigenvalue weighted by Crippen LogP contribution is -2.25. The molecule has 4 rings (SSSR count). The Morgan fingerprint density at radius 2 is 2.08 bits per heavy atom. The predicted octanol–water partition coefficient (Wildman–Crippen LogP) is 1.94. The van der Waals surface area contributed by atoms with Crippen LogP contribution >= 0.6 is 0 Å². The highest BCUT2D eigenvalue weighted by atomic mass is 16.5. The quantitative estimate of drug-likeness (QED) is 0.702. The maximum atomic E-state index is 12.3. The highest BCUT2D eigenvalue weighted by Gasteiger charge is 2.24. The van der Waals surface area contributed by atoms with Crippen molar-refractivity contribution in [1.82, 2.24) is 20.4 Å². The molecule has 1 aliphatic rings. The molecule has 0 aliphatic heterocycles. The van der Waals surface area contributed by atoms with E-state index in [2.05, 4.69) is 25.8 Å². The summed E-state index contributed by atoms with van der Waals surface area (Å²) in [7, 11) is 0. The number of hydrogen-bond acceptors (Lipinski definition) is 6. The van der Waals surface area contributed by atoms with Crippen LogP contribution in [-0.4, -0.2) is 33.5 Å². The molecule has 0 spiro atoms. The third-order valence-corrected chi connectivity index (χ3v) is 4.15. The molecule has 2 aromatic heterocycles. The summed E-state index contributed by atoms with van der Waals surface area (Å²) in [6.07, 6.45) is 3.89. The Labute approximate surface area is 149 Å². The molecule has 0 unspecified atom stereocenters. The number of fused-ring (bicyclic) bond motifs is 1. The van der Waals surface area contributed by atoms with Crippen LogP contribution in [0.15, 0.2) is 41.1 Å². The Bertz CT molecular complexity index is 959. The van der Waals surface area contributed by atoms with Crippen molar-refractivity contribution in [2.45, 2.75) is 19.3 Å². The first-order valence-corrected chi connectivity index (χ1v) is 8.43. The smallest absolute Gasteiger partial charge is 0.315 e. The van der Waals surface area contributed by atoms with Crippen LogP contribution < -0.4 is 10.6 Å². The third kappa shape index (κ3) is 3.69. The first kappa shape index (κ1) is 16.2. The van der Waals surface area contributed by atoms with Crippen molar-refractivity contribution < 1.29 is 14.1 Å². The van der Waals surface area contributed by atoms with Gasteiger partial charge in [0.05, 0.1) is 17.6 Å². The van der Waals surface area contributed by atoms with Gasteiger partial charge >= 0.3 is 11.8 Å². The Balaban J connectivity index is 1.39. The number of pyridine rings is 1. The van der Waals surface area contributed by atoms with E-state index in [0.29, 0.717) is 18.2 Å². The summed E-state index contributed by atoms with van der Waals surface area (Å²) in [5.74, 6) is -0.106. The van der Waals surface area contributed by atoms with Gasteiger partial charge in [-0.1, -0.05) is 11.2 Å². The average molecular weight is 351 g/mol. The van der Waals surface area contributed by atoms with E-state index in [4.69, 9.17) is 4.52 Å². The number of nitrogens with zero attached hydrogens (tertiary/aromatic N) is 3. The molecule has 0 bridgehead atoms. The second-order valence-corrected chi connectivity index (χ2v) is 6.27. The van der Waals surface area contributed by atoms with Crippen LogP contribution in [0.25, 0.3) is 10.9 Å². The van der Waals surface area contributed by atoms with Gasteiger partial charge in [0.15, 0.2) is 5.82 Å². The van der Waals surface area contributed by atoms with Crippen molar-refractivity contribution in [3.63, 3.8) is 0 Å². The van der Waals surface area contributed by atoms with Crippen molar-refractivity contribution in [2.75, 3.05) is 11.9 Å². The Kier molecular flexibility index (Phi) is 4.30. The number of benzene rings is 1. The van der Waals surface area contributed by atoms with Gasteiger partial charge < -0.3 is 15.2 Å². The fourth-order valence-electron chi connectivity index (χ4n) is 2.60. The SMILES string of the molecule is O=C(Cc1noc(C(=O)NCC2CC2)n1)Nc1cccc2ncccc12. The second kappa shape index (κ2) is 6.91. The Hall–Kier alpha value is -3.29. The lowest BCUT2D eigenvalue weighted by molar-refractivity contribution is -0.115. The fraction of sp³-hybridized carbons (Fsp3) is 0.278. The van der Waals surface area contributed by atoms with Gasteiger partial charge in [0.25, 0.3) is 0 Å². The van der Waals surface area contributed by atoms with Gasteiger partial charge in [-0.3, -0.25) is 14.6 Å². The molecular formula is C18H17N5O3. The summed E-state index contributed by atoms with van der Waals surface area (Å²) in [6, 6.07) is 9.19. The van der Waals surface area contributed by atoms with Gasteiger partial charge in [-0.25, -0.2) is 0 Å². The molecule has 26 heavy (non-hydrogen) atoms. The van der Waals surface area contributed by atoms with E-state index in [1.165, 1.54) is 0 Å². The largest absolute Gasteiger partial charge is 0.348 e. The summed E-state index contributed by atoms with van der Waals surface area (Å²) in [5, 5.41) is 10.1. The normalized spacial score (nSPS) is 13.5. The average Bonchev–Trinajstić information content (AvgIpc) is 3.37. The summed E-state index contributed by atoms with van der Waals surface area (Å²) in [6.45, 7) is 0.617. The lowest BCUT2D eigenvalue weighted by atomic mass is 10.2. The highest BCUT2D eigenvalue weighted by Crippen LogP contribution is 2.27. The number of carbonyl (C=O) groups is 2. The number of rotatable bonds is 6. The minimum absolute atomic E-state index is 0.0872. The van der Waals surface area contributed by atoms with Crippen molar-refractivity contribution in [3.8, 4) is 0 Å². The van der Waals surface area contributed by atoms with E-state index < -0.39 is 5.91 Å². The minimum Gasteiger partial charge on any atom is -0.348 e. The van der Waals surface area contributed by atoms with E-state index in [1.54, 1.807) is 12.3 Å². The number of amides is 2. The standard InChI is InChI=1S/C18H17N5O3/c24-16(21-14-5-1-4-13-12(14)3-2-8-19-13)9-15-22-18(26-23-15)17(25)20-10-11-6-7-11/h1-5,8,11H,6-7,9-10H2,(H,20,25)(H,21,24). The van der Waals surface area contributed by atoms with Gasteiger partial charge in [-0.05, 0) is 43.0 Å². The molecule has 2 heterocycles. The number of carbonyl (C=O) groups excluding carboxylic acids is 2. The molecule has 1 saturated carbocycles. The van der Waals surface area contributed by atoms with Gasteiger partial charge in [0.2, 0.25) is 5.91 Å². The van der Waals surface area contributed by atoms with E-state index in [-0.39, 0.29) is 24.0 Å². The van der Waals surface area contributed by atoms with E-state index in [1.807, 2.05) is 24.3 Å². The second-order valence-electron chi connectivity index (χ2n) is 6.27. The Morgan fingerprint density at radius 3 is 2.92 bits per heavy atom. The van der Waals surface area contributed by atoms with Crippen LogP contribution in [0, 0.1) is 5.92 Å². The van der Waals surface area contributed by atoms with Crippen molar-refractivity contribution >= 4 is 28.4 Å². The predicted molar refractivity (Wildman–Crippen MR) is 93.4 cm³/mol. The minimum atomic E-state index is -0.406.